The van der Waals surface area contributed by atoms with E-state index in [0.717, 1.165) is 16.7 Å². The number of hydrogen-bond acceptors (Lipinski definition) is 6. The molecule has 34 heavy (non-hydrogen) atoms. The van der Waals surface area contributed by atoms with Gasteiger partial charge in [-0.05, 0) is 73.9 Å². The van der Waals surface area contributed by atoms with E-state index in [0.29, 0.717) is 22.6 Å². The Bertz CT molecular complexity index is 1250. The van der Waals surface area contributed by atoms with Crippen LogP contribution in [0.15, 0.2) is 65.8 Å². The van der Waals surface area contributed by atoms with Gasteiger partial charge in [-0.2, -0.15) is 5.10 Å². The Labute approximate surface area is 197 Å². The van der Waals surface area contributed by atoms with Gasteiger partial charge in [-0.15, -0.1) is 0 Å². The fourth-order valence-electron chi connectivity index (χ4n) is 2.96. The van der Waals surface area contributed by atoms with Gasteiger partial charge in [-0.1, -0.05) is 29.8 Å². The van der Waals surface area contributed by atoms with Crippen LogP contribution in [0.25, 0.3) is 0 Å². The molecule has 2 N–H and O–H groups in total. The Morgan fingerprint density at radius 2 is 1.53 bits per heavy atom. The number of ether oxygens (including phenoxy) is 2. The molecule has 3 aromatic rings. The van der Waals surface area contributed by atoms with Crippen LogP contribution in [0.4, 0.5) is 5.69 Å². The van der Waals surface area contributed by atoms with Crippen molar-refractivity contribution in [1.82, 2.24) is 5.43 Å². The number of esters is 1. The first-order chi connectivity index (χ1) is 16.3. The molecule has 2 amide bonds. The highest BCUT2D eigenvalue weighted by Gasteiger charge is 2.15. The normalized spacial score (nSPS) is 10.6. The fraction of sp³-hybridized carbons (Fsp3) is 0.154. The minimum Gasteiger partial charge on any atom is -0.493 e. The summed E-state index contributed by atoms with van der Waals surface area (Å²) in [6, 6.07) is 17.3. The number of nitrogens with zero attached hydrogens (tertiary/aromatic N) is 1. The fourth-order valence-corrected chi connectivity index (χ4v) is 2.96. The number of carbonyl (C=O) groups excluding carboxylic acids is 3. The van der Waals surface area contributed by atoms with Gasteiger partial charge >= 0.3 is 17.8 Å². The lowest BCUT2D eigenvalue weighted by Gasteiger charge is -2.10. The standard InChI is InChI=1S/C26H25N3O5/c1-16-6-10-20(11-7-16)26(32)34-22-12-9-19(14-23(22)33-4)15-27-29-25(31)24(30)28-21-13-17(2)5-8-18(21)3/h5-15H,1-4H3,(H,28,30)(H,29,31)/b27-15+. The number of amides is 2. The molecule has 8 heteroatoms. The van der Waals surface area contributed by atoms with Crippen LogP contribution in [0.2, 0.25) is 0 Å². The first-order valence-corrected chi connectivity index (χ1v) is 10.5. The average Bonchev–Trinajstić information content (AvgIpc) is 2.82. The van der Waals surface area contributed by atoms with E-state index in [2.05, 4.69) is 15.8 Å². The van der Waals surface area contributed by atoms with E-state index in [1.807, 2.05) is 45.0 Å². The molecule has 3 aromatic carbocycles. The van der Waals surface area contributed by atoms with Gasteiger partial charge < -0.3 is 14.8 Å². The second-order valence-electron chi connectivity index (χ2n) is 7.64. The zero-order chi connectivity index (χ0) is 24.7. The van der Waals surface area contributed by atoms with E-state index in [1.165, 1.54) is 13.3 Å². The van der Waals surface area contributed by atoms with Crippen molar-refractivity contribution in [3.8, 4) is 11.5 Å². The molecule has 0 saturated heterocycles. The number of hydrazone groups is 1. The van der Waals surface area contributed by atoms with Crippen molar-refractivity contribution in [3.63, 3.8) is 0 Å². The maximum atomic E-state index is 12.4. The summed E-state index contributed by atoms with van der Waals surface area (Å²) in [5, 5.41) is 6.38. The zero-order valence-electron chi connectivity index (χ0n) is 19.3. The number of nitrogens with one attached hydrogen (secondary N) is 2. The Morgan fingerprint density at radius 3 is 2.24 bits per heavy atom. The van der Waals surface area contributed by atoms with E-state index < -0.39 is 17.8 Å². The summed E-state index contributed by atoms with van der Waals surface area (Å²) in [6.45, 7) is 5.65. The Kier molecular flexibility index (Phi) is 7.76. The molecule has 0 fully saturated rings. The predicted octanol–water partition coefficient (Wildman–Crippen LogP) is 3.93. The van der Waals surface area contributed by atoms with Crippen molar-refractivity contribution in [2.24, 2.45) is 5.10 Å². The predicted molar refractivity (Wildman–Crippen MR) is 129 cm³/mol. The van der Waals surface area contributed by atoms with Crippen molar-refractivity contribution < 1.29 is 23.9 Å². The van der Waals surface area contributed by atoms with Crippen molar-refractivity contribution in [1.29, 1.82) is 0 Å². The van der Waals surface area contributed by atoms with E-state index in [1.54, 1.807) is 36.4 Å². The molecule has 0 spiro atoms. The summed E-state index contributed by atoms with van der Waals surface area (Å²) in [4.78, 5) is 36.6. The first kappa shape index (κ1) is 24.2. The highest BCUT2D eigenvalue weighted by molar-refractivity contribution is 6.39. The van der Waals surface area contributed by atoms with Gasteiger partial charge in [0.1, 0.15) is 0 Å². The molecule has 0 unspecified atom stereocenters. The summed E-state index contributed by atoms with van der Waals surface area (Å²) in [5.41, 5.74) is 6.55. The summed E-state index contributed by atoms with van der Waals surface area (Å²) in [7, 11) is 1.44. The molecule has 0 heterocycles. The number of aryl methyl sites for hydroxylation is 3. The molecule has 0 aliphatic heterocycles. The Hall–Kier alpha value is -4.46. The van der Waals surface area contributed by atoms with E-state index >= 15 is 0 Å². The van der Waals surface area contributed by atoms with Crippen LogP contribution < -0.4 is 20.2 Å². The molecule has 3 rings (SSSR count). The highest BCUT2D eigenvalue weighted by Crippen LogP contribution is 2.28. The number of rotatable bonds is 6. The second kappa shape index (κ2) is 10.9. The lowest BCUT2D eigenvalue weighted by Crippen LogP contribution is -2.32. The van der Waals surface area contributed by atoms with Gasteiger partial charge in [0.15, 0.2) is 11.5 Å². The molecule has 0 aromatic heterocycles. The summed E-state index contributed by atoms with van der Waals surface area (Å²) in [6.07, 6.45) is 1.34. The van der Waals surface area contributed by atoms with Crippen LogP contribution in [0.1, 0.15) is 32.6 Å². The van der Waals surface area contributed by atoms with Crippen molar-refractivity contribution in [3.05, 3.63) is 88.5 Å². The van der Waals surface area contributed by atoms with Crippen LogP contribution >= 0.6 is 0 Å². The SMILES string of the molecule is COc1cc(/C=N/NC(=O)C(=O)Nc2cc(C)ccc2C)ccc1OC(=O)c1ccc(C)cc1. The van der Waals surface area contributed by atoms with Crippen molar-refractivity contribution in [2.75, 3.05) is 12.4 Å². The minimum atomic E-state index is -0.909. The maximum Gasteiger partial charge on any atom is 0.343 e. The molecule has 8 nitrogen and oxygen atoms in total. The van der Waals surface area contributed by atoms with Crippen molar-refractivity contribution in [2.45, 2.75) is 20.8 Å². The largest absolute Gasteiger partial charge is 0.493 e. The molecule has 0 saturated carbocycles. The number of methoxy groups -OCH3 is 1. The molecule has 0 bridgehead atoms. The van der Waals surface area contributed by atoms with Crippen LogP contribution in [0.3, 0.4) is 0 Å². The third-order valence-electron chi connectivity index (χ3n) is 4.90. The monoisotopic (exact) mass is 459 g/mol. The number of hydrogen-bond donors (Lipinski definition) is 2. The molecule has 174 valence electrons. The molecular weight excluding hydrogens is 434 g/mol. The molecule has 0 radical (unpaired) electrons. The molecule has 0 aliphatic rings. The second-order valence-corrected chi connectivity index (χ2v) is 7.64. The van der Waals surface area contributed by atoms with Crippen LogP contribution in [-0.4, -0.2) is 31.1 Å². The maximum absolute atomic E-state index is 12.4. The average molecular weight is 460 g/mol. The molecule has 0 atom stereocenters. The third-order valence-corrected chi connectivity index (χ3v) is 4.90. The van der Waals surface area contributed by atoms with Gasteiger partial charge in [0.05, 0.1) is 18.9 Å². The van der Waals surface area contributed by atoms with E-state index in [9.17, 15) is 14.4 Å². The quantitative estimate of drug-likeness (QED) is 0.191. The lowest BCUT2D eigenvalue weighted by molar-refractivity contribution is -0.136. The van der Waals surface area contributed by atoms with Crippen molar-refractivity contribution >= 4 is 29.7 Å². The Morgan fingerprint density at radius 1 is 0.824 bits per heavy atom. The summed E-state index contributed by atoms with van der Waals surface area (Å²) < 4.78 is 10.7. The lowest BCUT2D eigenvalue weighted by atomic mass is 10.1. The van der Waals surface area contributed by atoms with Gasteiger partial charge in [-0.25, -0.2) is 10.2 Å². The number of benzene rings is 3. The van der Waals surface area contributed by atoms with Gasteiger partial charge in [0, 0.05) is 5.69 Å². The number of anilines is 1. The highest BCUT2D eigenvalue weighted by atomic mass is 16.6. The third kappa shape index (κ3) is 6.29. The summed E-state index contributed by atoms with van der Waals surface area (Å²) in [5.74, 6) is -1.71. The minimum absolute atomic E-state index is 0.238. The number of carbonyl (C=O) groups is 3. The van der Waals surface area contributed by atoms with Crippen LogP contribution in [0, 0.1) is 20.8 Å². The van der Waals surface area contributed by atoms with E-state index in [4.69, 9.17) is 9.47 Å². The van der Waals surface area contributed by atoms with Gasteiger partial charge in [0.2, 0.25) is 0 Å². The molecule has 0 aliphatic carbocycles. The topological polar surface area (TPSA) is 106 Å². The van der Waals surface area contributed by atoms with Crippen LogP contribution in [-0.2, 0) is 9.59 Å². The smallest absolute Gasteiger partial charge is 0.343 e. The van der Waals surface area contributed by atoms with E-state index in [-0.39, 0.29) is 5.75 Å². The first-order valence-electron chi connectivity index (χ1n) is 10.5. The molecular formula is C26H25N3O5. The Balaban J connectivity index is 1.61. The van der Waals surface area contributed by atoms with Gasteiger partial charge in [-0.3, -0.25) is 9.59 Å². The summed E-state index contributed by atoms with van der Waals surface area (Å²) >= 11 is 0. The zero-order valence-corrected chi connectivity index (χ0v) is 19.3. The van der Waals surface area contributed by atoms with Crippen LogP contribution in [0.5, 0.6) is 11.5 Å². The van der Waals surface area contributed by atoms with Gasteiger partial charge in [0.25, 0.3) is 0 Å².